The number of carbonyl (C=O) groups is 3. The summed E-state index contributed by atoms with van der Waals surface area (Å²) in [5, 5.41) is 3.01. The molecule has 1 saturated heterocycles. The van der Waals surface area contributed by atoms with E-state index in [-0.39, 0.29) is 30.2 Å². The first-order chi connectivity index (χ1) is 15.0. The summed E-state index contributed by atoms with van der Waals surface area (Å²) >= 11 is 0. The average molecular weight is 420 g/mol. The highest BCUT2D eigenvalue weighted by Crippen LogP contribution is 2.32. The van der Waals surface area contributed by atoms with Gasteiger partial charge in [-0.05, 0) is 35.1 Å². The molecule has 4 rings (SSSR count). The van der Waals surface area contributed by atoms with Gasteiger partial charge in [0.05, 0.1) is 12.5 Å². The van der Waals surface area contributed by atoms with E-state index < -0.39 is 0 Å². The maximum atomic E-state index is 12.8. The molecule has 1 fully saturated rings. The van der Waals surface area contributed by atoms with Crippen LogP contribution in [0.2, 0.25) is 0 Å². The van der Waals surface area contributed by atoms with Gasteiger partial charge in [-0.15, -0.1) is 0 Å². The van der Waals surface area contributed by atoms with Crippen LogP contribution in [0.5, 0.6) is 0 Å². The molecule has 3 amide bonds. The minimum absolute atomic E-state index is 0.00327. The van der Waals surface area contributed by atoms with Crippen molar-refractivity contribution in [2.45, 2.75) is 51.7 Å². The molecule has 0 saturated carbocycles. The van der Waals surface area contributed by atoms with Crippen molar-refractivity contribution < 1.29 is 14.4 Å². The van der Waals surface area contributed by atoms with Crippen LogP contribution in [0, 0.1) is 0 Å². The number of rotatable bonds is 6. The third-order valence-electron chi connectivity index (χ3n) is 6.22. The van der Waals surface area contributed by atoms with Crippen LogP contribution < -0.4 is 5.32 Å². The van der Waals surface area contributed by atoms with E-state index in [1.54, 1.807) is 11.8 Å². The van der Waals surface area contributed by atoms with Gasteiger partial charge < -0.3 is 15.1 Å². The van der Waals surface area contributed by atoms with Gasteiger partial charge in [-0.1, -0.05) is 48.5 Å². The van der Waals surface area contributed by atoms with E-state index in [1.165, 1.54) is 5.56 Å². The van der Waals surface area contributed by atoms with Crippen LogP contribution in [-0.4, -0.2) is 40.6 Å². The van der Waals surface area contributed by atoms with Crippen LogP contribution in [-0.2, 0) is 33.9 Å². The first kappa shape index (κ1) is 21.1. The fourth-order valence-electron chi connectivity index (χ4n) is 4.63. The molecule has 1 N–H and O–H groups in total. The lowest BCUT2D eigenvalue weighted by Gasteiger charge is -2.36. The maximum Gasteiger partial charge on any atom is 0.222 e. The van der Waals surface area contributed by atoms with Gasteiger partial charge in [-0.25, -0.2) is 0 Å². The third kappa shape index (κ3) is 4.95. The molecule has 6 heteroatoms. The van der Waals surface area contributed by atoms with Gasteiger partial charge in [0.2, 0.25) is 17.7 Å². The molecule has 0 radical (unpaired) electrons. The molecular weight excluding hydrogens is 390 g/mol. The van der Waals surface area contributed by atoms with Crippen molar-refractivity contribution >= 4 is 17.7 Å². The Morgan fingerprint density at radius 3 is 2.61 bits per heavy atom. The lowest BCUT2D eigenvalue weighted by Crippen LogP contribution is -2.41. The molecule has 2 aromatic rings. The summed E-state index contributed by atoms with van der Waals surface area (Å²) in [4.78, 5) is 40.5. The Bertz CT molecular complexity index is 987. The fourth-order valence-corrected chi connectivity index (χ4v) is 4.63. The molecule has 1 atom stereocenters. The Balaban J connectivity index is 1.38. The summed E-state index contributed by atoms with van der Waals surface area (Å²) in [6.07, 6.45) is 2.63. The summed E-state index contributed by atoms with van der Waals surface area (Å²) in [5.74, 6) is 0.131. The summed E-state index contributed by atoms with van der Waals surface area (Å²) in [6, 6.07) is 15.8. The van der Waals surface area contributed by atoms with Gasteiger partial charge >= 0.3 is 0 Å². The number of carbonyl (C=O) groups excluding carboxylic acids is 3. The molecule has 1 unspecified atom stereocenters. The van der Waals surface area contributed by atoms with Gasteiger partial charge in [-0.3, -0.25) is 14.4 Å². The van der Waals surface area contributed by atoms with E-state index in [0.717, 1.165) is 36.1 Å². The quantitative estimate of drug-likeness (QED) is 0.783. The lowest BCUT2D eigenvalue weighted by molar-refractivity contribution is -0.133. The number of nitrogens with zero attached hydrogens (tertiary/aromatic N) is 2. The van der Waals surface area contributed by atoms with Crippen LogP contribution in [0.4, 0.5) is 0 Å². The molecule has 0 spiro atoms. The number of benzene rings is 2. The number of likely N-dealkylation sites (tertiary alicyclic amines) is 1. The molecule has 2 aromatic carbocycles. The summed E-state index contributed by atoms with van der Waals surface area (Å²) in [6.45, 7) is 4.06. The molecule has 0 aliphatic carbocycles. The second-order valence-electron chi connectivity index (χ2n) is 8.40. The van der Waals surface area contributed by atoms with Crippen LogP contribution >= 0.6 is 0 Å². The highest BCUT2D eigenvalue weighted by molar-refractivity contribution is 5.80. The summed E-state index contributed by atoms with van der Waals surface area (Å²) < 4.78 is 0. The van der Waals surface area contributed by atoms with Crippen LogP contribution in [0.1, 0.15) is 54.5 Å². The van der Waals surface area contributed by atoms with E-state index in [1.807, 2.05) is 47.4 Å². The van der Waals surface area contributed by atoms with E-state index in [2.05, 4.69) is 11.4 Å². The van der Waals surface area contributed by atoms with Crippen LogP contribution in [0.3, 0.4) is 0 Å². The standard InChI is InChI=1S/C25H29N3O3/c1-18(29)28-13-11-21-8-2-3-9-22(21)23(28)15-24(30)26-16-19-6-4-7-20(14-19)17-27-12-5-10-25(27)31/h2-4,6-9,14,23H,5,10-13,15-17H2,1H3,(H,26,30). The van der Waals surface area contributed by atoms with E-state index in [9.17, 15) is 14.4 Å². The van der Waals surface area contributed by atoms with Crippen LogP contribution in [0.25, 0.3) is 0 Å². The number of fused-ring (bicyclic) bond motifs is 1. The SMILES string of the molecule is CC(=O)N1CCc2ccccc2C1CC(=O)NCc1cccc(CN2CCCC2=O)c1. The largest absolute Gasteiger partial charge is 0.352 e. The minimum Gasteiger partial charge on any atom is -0.352 e. The molecule has 31 heavy (non-hydrogen) atoms. The van der Waals surface area contributed by atoms with E-state index in [4.69, 9.17) is 0 Å². The fraction of sp³-hybridized carbons (Fsp3) is 0.400. The van der Waals surface area contributed by atoms with Gasteiger partial charge in [0.25, 0.3) is 0 Å². The second kappa shape index (κ2) is 9.33. The van der Waals surface area contributed by atoms with Gasteiger partial charge in [0, 0.05) is 39.5 Å². The molecule has 0 aromatic heterocycles. The first-order valence-corrected chi connectivity index (χ1v) is 11.0. The van der Waals surface area contributed by atoms with E-state index in [0.29, 0.717) is 26.1 Å². The molecule has 0 bridgehead atoms. The predicted octanol–water partition coefficient (Wildman–Crippen LogP) is 2.96. The highest BCUT2D eigenvalue weighted by Gasteiger charge is 2.30. The van der Waals surface area contributed by atoms with Crippen molar-refractivity contribution in [1.82, 2.24) is 15.1 Å². The zero-order valence-electron chi connectivity index (χ0n) is 18.0. The Labute approximate surface area is 183 Å². The van der Waals surface area contributed by atoms with Crippen molar-refractivity contribution in [3.63, 3.8) is 0 Å². The Morgan fingerprint density at radius 1 is 1.03 bits per heavy atom. The summed E-state index contributed by atoms with van der Waals surface area (Å²) in [7, 11) is 0. The van der Waals surface area contributed by atoms with Crippen molar-refractivity contribution in [3.05, 3.63) is 70.8 Å². The number of amides is 3. The molecule has 2 aliphatic rings. The van der Waals surface area contributed by atoms with Crippen molar-refractivity contribution in [3.8, 4) is 0 Å². The normalized spacial score (nSPS) is 18.1. The van der Waals surface area contributed by atoms with Gasteiger partial charge in [-0.2, -0.15) is 0 Å². The first-order valence-electron chi connectivity index (χ1n) is 11.0. The second-order valence-corrected chi connectivity index (χ2v) is 8.40. The Hall–Kier alpha value is -3.15. The Kier molecular flexibility index (Phi) is 6.35. The molecule has 6 nitrogen and oxygen atoms in total. The maximum absolute atomic E-state index is 12.8. The average Bonchev–Trinajstić information content (AvgIpc) is 3.17. The van der Waals surface area contributed by atoms with Crippen molar-refractivity contribution in [2.75, 3.05) is 13.1 Å². The third-order valence-corrected chi connectivity index (χ3v) is 6.22. The molecule has 162 valence electrons. The highest BCUT2D eigenvalue weighted by atomic mass is 16.2. The number of nitrogens with one attached hydrogen (secondary N) is 1. The lowest BCUT2D eigenvalue weighted by atomic mass is 9.90. The van der Waals surface area contributed by atoms with Crippen molar-refractivity contribution in [2.24, 2.45) is 0 Å². The monoisotopic (exact) mass is 419 g/mol. The van der Waals surface area contributed by atoms with Crippen LogP contribution in [0.15, 0.2) is 48.5 Å². The molecule has 2 heterocycles. The summed E-state index contributed by atoms with van der Waals surface area (Å²) in [5.41, 5.74) is 4.36. The van der Waals surface area contributed by atoms with Gasteiger partial charge in [0.15, 0.2) is 0 Å². The smallest absolute Gasteiger partial charge is 0.222 e. The molecule has 2 aliphatic heterocycles. The zero-order chi connectivity index (χ0) is 21.8. The predicted molar refractivity (Wildman–Crippen MR) is 118 cm³/mol. The number of hydrogen-bond acceptors (Lipinski definition) is 3. The van der Waals surface area contributed by atoms with Gasteiger partial charge in [0.1, 0.15) is 0 Å². The zero-order valence-corrected chi connectivity index (χ0v) is 18.0. The van der Waals surface area contributed by atoms with E-state index >= 15 is 0 Å². The topological polar surface area (TPSA) is 69.7 Å². The van der Waals surface area contributed by atoms with Crippen molar-refractivity contribution in [1.29, 1.82) is 0 Å². The number of hydrogen-bond donors (Lipinski definition) is 1. The minimum atomic E-state index is -0.227. The Morgan fingerprint density at radius 2 is 1.84 bits per heavy atom. The molecular formula is C25H29N3O3.